The van der Waals surface area contributed by atoms with Crippen molar-refractivity contribution in [1.29, 1.82) is 0 Å². The minimum Gasteiger partial charge on any atom is -0.370 e. The van der Waals surface area contributed by atoms with Crippen LogP contribution >= 0.6 is 11.6 Å². The summed E-state index contributed by atoms with van der Waals surface area (Å²) >= 11 is 5.77. The third kappa shape index (κ3) is 3.00. The lowest BCUT2D eigenvalue weighted by Crippen LogP contribution is -2.40. The fraction of sp³-hybridized carbons (Fsp3) is 0.429. The molecule has 2 amide bonds. The van der Waals surface area contributed by atoms with E-state index >= 15 is 0 Å². The van der Waals surface area contributed by atoms with Crippen molar-refractivity contribution >= 4 is 29.1 Å². The summed E-state index contributed by atoms with van der Waals surface area (Å²) in [6, 6.07) is 0.511. The zero-order chi connectivity index (χ0) is 15.7. The molecule has 1 aliphatic heterocycles. The van der Waals surface area contributed by atoms with Gasteiger partial charge in [-0.3, -0.25) is 14.5 Å². The summed E-state index contributed by atoms with van der Waals surface area (Å²) in [5, 5.41) is 2.44. The Morgan fingerprint density at radius 2 is 2.10 bits per heavy atom. The highest BCUT2D eigenvalue weighted by Gasteiger charge is 2.41. The number of nitrogens with zero attached hydrogens (tertiary/aromatic N) is 1. The van der Waals surface area contributed by atoms with Crippen LogP contribution in [0.2, 0.25) is 5.02 Å². The number of imide groups is 1. The molecule has 0 bridgehead atoms. The number of carbonyl (C=O) groups excluding carboxylic acids is 2. The van der Waals surface area contributed by atoms with E-state index < -0.39 is 23.6 Å². The highest BCUT2D eigenvalue weighted by Crippen LogP contribution is 2.29. The van der Waals surface area contributed by atoms with Gasteiger partial charge in [0.05, 0.1) is 17.1 Å². The molecular weight excluding hydrogens is 302 g/mol. The van der Waals surface area contributed by atoms with Crippen LogP contribution in [0.25, 0.3) is 0 Å². The van der Waals surface area contributed by atoms with Crippen molar-refractivity contribution in [3.05, 3.63) is 28.8 Å². The molecule has 2 atom stereocenters. The predicted octanol–water partition coefficient (Wildman–Crippen LogP) is 2.96. The molecule has 0 saturated carbocycles. The first kappa shape index (κ1) is 15.7. The molecule has 4 nitrogen and oxygen atoms in total. The monoisotopic (exact) mass is 316 g/mol. The normalized spacial score (nSPS) is 20.0. The van der Waals surface area contributed by atoms with E-state index in [0.29, 0.717) is 12.5 Å². The summed E-state index contributed by atoms with van der Waals surface area (Å²) in [5.74, 6) is -2.44. The number of hydrogen-bond acceptors (Lipinski definition) is 3. The summed E-state index contributed by atoms with van der Waals surface area (Å²) in [6.07, 6.45) is 0.562. The van der Waals surface area contributed by atoms with Crippen LogP contribution in [0.4, 0.5) is 14.5 Å². The average molecular weight is 317 g/mol. The van der Waals surface area contributed by atoms with Gasteiger partial charge >= 0.3 is 0 Å². The van der Waals surface area contributed by atoms with Gasteiger partial charge in [0.25, 0.3) is 5.91 Å². The van der Waals surface area contributed by atoms with Crippen LogP contribution in [0.1, 0.15) is 26.7 Å². The SMILES string of the molecule is CCC(C)N1C(=O)CC(Nc2c(F)cc(F)cc2Cl)C1=O. The van der Waals surface area contributed by atoms with E-state index in [2.05, 4.69) is 5.32 Å². The Bertz CT molecular complexity index is 571. The zero-order valence-corrected chi connectivity index (χ0v) is 12.4. The molecule has 1 heterocycles. The fourth-order valence-electron chi connectivity index (χ4n) is 2.26. The van der Waals surface area contributed by atoms with Crippen molar-refractivity contribution in [3.8, 4) is 0 Å². The molecule has 7 heteroatoms. The number of hydrogen-bond donors (Lipinski definition) is 1. The number of halogens is 3. The van der Waals surface area contributed by atoms with Gasteiger partial charge in [-0.2, -0.15) is 0 Å². The van der Waals surface area contributed by atoms with E-state index in [9.17, 15) is 18.4 Å². The van der Waals surface area contributed by atoms with Gasteiger partial charge in [0.1, 0.15) is 11.9 Å². The largest absolute Gasteiger partial charge is 0.370 e. The van der Waals surface area contributed by atoms with Crippen molar-refractivity contribution in [2.24, 2.45) is 0 Å². The molecule has 1 N–H and O–H groups in total. The van der Waals surface area contributed by atoms with Crippen LogP contribution in [-0.2, 0) is 9.59 Å². The number of anilines is 1. The van der Waals surface area contributed by atoms with Crippen LogP contribution in [0.15, 0.2) is 12.1 Å². The van der Waals surface area contributed by atoms with Gasteiger partial charge in [-0.25, -0.2) is 8.78 Å². The van der Waals surface area contributed by atoms with Gasteiger partial charge in [0, 0.05) is 12.1 Å². The first-order chi connectivity index (χ1) is 9.85. The van der Waals surface area contributed by atoms with Gasteiger partial charge in [-0.1, -0.05) is 18.5 Å². The summed E-state index contributed by atoms with van der Waals surface area (Å²) in [4.78, 5) is 25.3. The first-order valence-corrected chi connectivity index (χ1v) is 7.00. The maximum absolute atomic E-state index is 13.7. The first-order valence-electron chi connectivity index (χ1n) is 6.62. The second-order valence-electron chi connectivity index (χ2n) is 5.00. The average Bonchev–Trinajstić information content (AvgIpc) is 2.68. The lowest BCUT2D eigenvalue weighted by molar-refractivity contribution is -0.140. The second-order valence-corrected chi connectivity index (χ2v) is 5.41. The topological polar surface area (TPSA) is 49.4 Å². The minimum absolute atomic E-state index is 0.0731. The molecule has 1 aromatic rings. The molecule has 0 aromatic heterocycles. The second kappa shape index (κ2) is 5.97. The maximum atomic E-state index is 13.7. The van der Waals surface area contributed by atoms with E-state index in [1.54, 1.807) is 6.92 Å². The number of amides is 2. The maximum Gasteiger partial charge on any atom is 0.252 e. The Balaban J connectivity index is 2.22. The van der Waals surface area contributed by atoms with Crippen LogP contribution in [0, 0.1) is 11.6 Å². The Morgan fingerprint density at radius 3 is 2.67 bits per heavy atom. The van der Waals surface area contributed by atoms with Gasteiger partial charge in [-0.05, 0) is 19.4 Å². The van der Waals surface area contributed by atoms with E-state index in [-0.39, 0.29) is 29.1 Å². The minimum atomic E-state index is -0.901. The Morgan fingerprint density at radius 1 is 1.43 bits per heavy atom. The number of benzene rings is 1. The van der Waals surface area contributed by atoms with Crippen molar-refractivity contribution in [3.63, 3.8) is 0 Å². The summed E-state index contributed by atoms with van der Waals surface area (Å²) < 4.78 is 26.7. The van der Waals surface area contributed by atoms with E-state index in [0.717, 1.165) is 6.07 Å². The van der Waals surface area contributed by atoms with Gasteiger partial charge in [0.2, 0.25) is 5.91 Å². The molecule has 1 fully saturated rings. The molecule has 2 unspecified atom stereocenters. The molecule has 1 saturated heterocycles. The number of carbonyl (C=O) groups is 2. The number of rotatable bonds is 4. The quantitative estimate of drug-likeness (QED) is 0.869. The standard InChI is InChI=1S/C14H15ClF2N2O2/c1-3-7(2)19-12(20)6-11(14(19)21)18-13-9(15)4-8(16)5-10(13)17/h4-5,7,11,18H,3,6H2,1-2H3. The van der Waals surface area contributed by atoms with E-state index in [1.165, 1.54) is 4.90 Å². The molecule has 2 rings (SSSR count). The Labute approximate surface area is 126 Å². The van der Waals surface area contributed by atoms with Crippen molar-refractivity contribution < 1.29 is 18.4 Å². The molecule has 21 heavy (non-hydrogen) atoms. The smallest absolute Gasteiger partial charge is 0.252 e. The fourth-order valence-corrected chi connectivity index (χ4v) is 2.51. The van der Waals surface area contributed by atoms with Crippen LogP contribution in [0.3, 0.4) is 0 Å². The number of likely N-dealkylation sites (tertiary alicyclic amines) is 1. The molecule has 1 aliphatic rings. The molecule has 1 aromatic carbocycles. The summed E-state index contributed by atoms with van der Waals surface area (Å²) in [6.45, 7) is 3.63. The molecule has 0 radical (unpaired) electrons. The van der Waals surface area contributed by atoms with Crippen molar-refractivity contribution in [1.82, 2.24) is 4.90 Å². The van der Waals surface area contributed by atoms with Crippen LogP contribution in [0.5, 0.6) is 0 Å². The molecule has 114 valence electrons. The Hall–Kier alpha value is -1.69. The Kier molecular flexibility index (Phi) is 4.46. The molecule has 0 spiro atoms. The summed E-state index contributed by atoms with van der Waals surface area (Å²) in [5.41, 5.74) is -0.171. The van der Waals surface area contributed by atoms with Gasteiger partial charge in [0.15, 0.2) is 5.82 Å². The lowest BCUT2D eigenvalue weighted by atomic mass is 10.2. The zero-order valence-electron chi connectivity index (χ0n) is 11.6. The third-order valence-electron chi connectivity index (χ3n) is 3.54. The molecular formula is C14H15ClF2N2O2. The highest BCUT2D eigenvalue weighted by atomic mass is 35.5. The molecule has 0 aliphatic carbocycles. The van der Waals surface area contributed by atoms with Crippen molar-refractivity contribution in [2.45, 2.75) is 38.8 Å². The number of nitrogens with one attached hydrogen (secondary N) is 1. The van der Waals surface area contributed by atoms with Crippen LogP contribution in [-0.4, -0.2) is 28.8 Å². The third-order valence-corrected chi connectivity index (χ3v) is 3.84. The highest BCUT2D eigenvalue weighted by molar-refractivity contribution is 6.33. The predicted molar refractivity (Wildman–Crippen MR) is 75.0 cm³/mol. The lowest BCUT2D eigenvalue weighted by Gasteiger charge is -2.22. The van der Waals surface area contributed by atoms with Gasteiger partial charge < -0.3 is 5.32 Å². The van der Waals surface area contributed by atoms with E-state index in [4.69, 9.17) is 11.6 Å². The summed E-state index contributed by atoms with van der Waals surface area (Å²) in [7, 11) is 0. The van der Waals surface area contributed by atoms with Gasteiger partial charge in [-0.15, -0.1) is 0 Å². The van der Waals surface area contributed by atoms with Crippen LogP contribution < -0.4 is 5.32 Å². The van der Waals surface area contributed by atoms with Crippen molar-refractivity contribution in [2.75, 3.05) is 5.32 Å². The van der Waals surface area contributed by atoms with E-state index in [1.807, 2.05) is 6.92 Å².